The van der Waals surface area contributed by atoms with Crippen molar-refractivity contribution in [3.8, 4) is 0 Å². The lowest BCUT2D eigenvalue weighted by Crippen LogP contribution is -2.50. The summed E-state index contributed by atoms with van der Waals surface area (Å²) in [5.41, 5.74) is 2.46. The van der Waals surface area contributed by atoms with Gasteiger partial charge in [0.2, 0.25) is 0 Å². The predicted octanol–water partition coefficient (Wildman–Crippen LogP) is 2.25. The van der Waals surface area contributed by atoms with Gasteiger partial charge in [0.15, 0.2) is 0 Å². The molecule has 6 heteroatoms. The SMILES string of the molecule is O=C(c1c[nH]c(=O)[nH]1)N1CCN(C(c2ccccc2)c2ccccc2)CC1. The van der Waals surface area contributed by atoms with Gasteiger partial charge in [0.1, 0.15) is 5.69 Å². The van der Waals surface area contributed by atoms with Crippen LogP contribution in [-0.2, 0) is 0 Å². The van der Waals surface area contributed by atoms with Gasteiger partial charge in [0, 0.05) is 32.4 Å². The third-order valence-electron chi connectivity index (χ3n) is 5.02. The van der Waals surface area contributed by atoms with Gasteiger partial charge in [-0.25, -0.2) is 4.79 Å². The molecule has 0 radical (unpaired) electrons. The molecule has 0 saturated carbocycles. The number of amides is 1. The van der Waals surface area contributed by atoms with Gasteiger partial charge in [0.05, 0.1) is 6.04 Å². The van der Waals surface area contributed by atoms with Gasteiger partial charge in [-0.15, -0.1) is 0 Å². The maximum absolute atomic E-state index is 12.5. The number of H-pyrrole nitrogens is 2. The molecule has 1 aromatic heterocycles. The van der Waals surface area contributed by atoms with Crippen LogP contribution in [0.5, 0.6) is 0 Å². The third kappa shape index (κ3) is 3.71. The molecule has 0 bridgehead atoms. The number of nitrogens with zero attached hydrogens (tertiary/aromatic N) is 2. The summed E-state index contributed by atoms with van der Waals surface area (Å²) in [5.74, 6) is -0.135. The lowest BCUT2D eigenvalue weighted by Gasteiger charge is -2.39. The van der Waals surface area contributed by atoms with E-state index < -0.39 is 0 Å². The largest absolute Gasteiger partial charge is 0.335 e. The highest BCUT2D eigenvalue weighted by atomic mass is 16.2. The summed E-state index contributed by atoms with van der Waals surface area (Å²) in [7, 11) is 0. The fourth-order valence-electron chi connectivity index (χ4n) is 3.69. The lowest BCUT2D eigenvalue weighted by atomic mass is 9.96. The molecule has 2 aromatic carbocycles. The molecule has 1 saturated heterocycles. The molecular formula is C21H22N4O2. The molecule has 2 heterocycles. The van der Waals surface area contributed by atoms with Crippen LogP contribution in [0.25, 0.3) is 0 Å². The van der Waals surface area contributed by atoms with E-state index in [1.54, 1.807) is 4.90 Å². The molecule has 27 heavy (non-hydrogen) atoms. The minimum atomic E-state index is -0.356. The van der Waals surface area contributed by atoms with E-state index in [9.17, 15) is 9.59 Å². The minimum Gasteiger partial charge on any atom is -0.335 e. The summed E-state index contributed by atoms with van der Waals surface area (Å²) < 4.78 is 0. The monoisotopic (exact) mass is 362 g/mol. The van der Waals surface area contributed by atoms with Gasteiger partial charge in [-0.1, -0.05) is 60.7 Å². The molecular weight excluding hydrogens is 340 g/mol. The van der Waals surface area contributed by atoms with Gasteiger partial charge in [-0.2, -0.15) is 0 Å². The first-order chi connectivity index (χ1) is 13.2. The predicted molar refractivity (Wildman–Crippen MR) is 104 cm³/mol. The molecule has 6 nitrogen and oxygen atoms in total. The van der Waals surface area contributed by atoms with Gasteiger partial charge in [0.25, 0.3) is 5.91 Å². The molecule has 1 aliphatic rings. The van der Waals surface area contributed by atoms with Crippen molar-refractivity contribution in [1.29, 1.82) is 0 Å². The summed E-state index contributed by atoms with van der Waals surface area (Å²) in [5, 5.41) is 0. The van der Waals surface area contributed by atoms with Gasteiger partial charge in [-0.05, 0) is 11.1 Å². The van der Waals surface area contributed by atoms with E-state index in [0.29, 0.717) is 18.8 Å². The highest BCUT2D eigenvalue weighted by Gasteiger charge is 2.28. The van der Waals surface area contributed by atoms with E-state index in [2.05, 4.69) is 63.4 Å². The first-order valence-corrected chi connectivity index (χ1v) is 9.13. The van der Waals surface area contributed by atoms with E-state index in [4.69, 9.17) is 0 Å². The summed E-state index contributed by atoms with van der Waals surface area (Å²) in [4.78, 5) is 33.0. The zero-order valence-electron chi connectivity index (χ0n) is 15.0. The molecule has 1 fully saturated rings. The summed E-state index contributed by atoms with van der Waals surface area (Å²) in [6.45, 7) is 2.80. The Morgan fingerprint density at radius 1 is 0.852 bits per heavy atom. The van der Waals surface area contributed by atoms with E-state index in [1.807, 2.05) is 12.1 Å². The number of hydrogen-bond acceptors (Lipinski definition) is 3. The molecule has 0 atom stereocenters. The van der Waals surface area contributed by atoms with E-state index in [-0.39, 0.29) is 17.6 Å². The van der Waals surface area contributed by atoms with Gasteiger partial charge < -0.3 is 14.9 Å². The number of imidazole rings is 1. The van der Waals surface area contributed by atoms with Crippen LogP contribution in [0.3, 0.4) is 0 Å². The van der Waals surface area contributed by atoms with Crippen molar-refractivity contribution in [3.05, 3.63) is 94.2 Å². The Balaban J connectivity index is 1.52. The highest BCUT2D eigenvalue weighted by molar-refractivity contribution is 5.92. The fourth-order valence-corrected chi connectivity index (χ4v) is 3.69. The van der Waals surface area contributed by atoms with Gasteiger partial charge in [-0.3, -0.25) is 9.69 Å². The first kappa shape index (κ1) is 17.3. The number of nitrogens with one attached hydrogen (secondary N) is 2. The smallest absolute Gasteiger partial charge is 0.323 e. The number of piperazine rings is 1. The van der Waals surface area contributed by atoms with Crippen LogP contribution >= 0.6 is 0 Å². The van der Waals surface area contributed by atoms with Crippen LogP contribution in [0.15, 0.2) is 71.7 Å². The zero-order chi connectivity index (χ0) is 18.6. The van der Waals surface area contributed by atoms with Crippen molar-refractivity contribution < 1.29 is 4.79 Å². The number of benzene rings is 2. The van der Waals surface area contributed by atoms with Crippen molar-refractivity contribution in [3.63, 3.8) is 0 Å². The van der Waals surface area contributed by atoms with Crippen molar-refractivity contribution >= 4 is 5.91 Å². The maximum Gasteiger partial charge on any atom is 0.323 e. The second kappa shape index (κ2) is 7.63. The van der Waals surface area contributed by atoms with Crippen molar-refractivity contribution in [2.45, 2.75) is 6.04 Å². The Morgan fingerprint density at radius 2 is 1.41 bits per heavy atom. The van der Waals surface area contributed by atoms with Crippen LogP contribution < -0.4 is 5.69 Å². The van der Waals surface area contributed by atoms with Crippen LogP contribution in [-0.4, -0.2) is 51.9 Å². The van der Waals surface area contributed by atoms with Crippen molar-refractivity contribution in [2.75, 3.05) is 26.2 Å². The molecule has 0 spiro atoms. The molecule has 1 amide bonds. The number of hydrogen-bond donors (Lipinski definition) is 2. The van der Waals surface area contributed by atoms with Gasteiger partial charge >= 0.3 is 5.69 Å². The average molecular weight is 362 g/mol. The first-order valence-electron chi connectivity index (χ1n) is 9.13. The fraction of sp³-hybridized carbons (Fsp3) is 0.238. The Bertz CT molecular complexity index is 901. The minimum absolute atomic E-state index is 0.135. The molecule has 1 aliphatic heterocycles. The Kier molecular flexibility index (Phi) is 4.89. The van der Waals surface area contributed by atoms with Crippen LogP contribution in [0, 0.1) is 0 Å². The zero-order valence-corrected chi connectivity index (χ0v) is 15.0. The van der Waals surface area contributed by atoms with Crippen LogP contribution in [0.2, 0.25) is 0 Å². The number of rotatable bonds is 4. The molecule has 138 valence electrons. The molecule has 2 N–H and O–H groups in total. The number of aromatic nitrogens is 2. The topological polar surface area (TPSA) is 72.2 Å². The summed E-state index contributed by atoms with van der Waals surface area (Å²) in [6.07, 6.45) is 1.44. The van der Waals surface area contributed by atoms with E-state index >= 15 is 0 Å². The molecule has 4 rings (SSSR count). The normalized spacial score (nSPS) is 15.2. The Hall–Kier alpha value is -3.12. The summed E-state index contributed by atoms with van der Waals surface area (Å²) in [6, 6.07) is 21.1. The Morgan fingerprint density at radius 3 is 1.89 bits per heavy atom. The highest BCUT2D eigenvalue weighted by Crippen LogP contribution is 2.29. The quantitative estimate of drug-likeness (QED) is 0.748. The number of carbonyl (C=O) groups is 1. The van der Waals surface area contributed by atoms with Crippen molar-refractivity contribution in [2.24, 2.45) is 0 Å². The molecule has 0 aliphatic carbocycles. The lowest BCUT2D eigenvalue weighted by molar-refractivity contribution is 0.0592. The molecule has 0 unspecified atom stereocenters. The second-order valence-electron chi connectivity index (χ2n) is 6.71. The van der Waals surface area contributed by atoms with E-state index in [0.717, 1.165) is 13.1 Å². The standard InChI is InChI=1S/C21H22N4O2/c26-20(18-15-22-21(27)23-18)25-13-11-24(12-14-25)19(16-7-3-1-4-8-16)17-9-5-2-6-10-17/h1-10,15,19H,11-14H2,(H2,22,23,27). The van der Waals surface area contributed by atoms with Crippen molar-refractivity contribution in [1.82, 2.24) is 19.8 Å². The third-order valence-corrected chi connectivity index (χ3v) is 5.02. The maximum atomic E-state index is 12.5. The van der Waals surface area contributed by atoms with Crippen LogP contribution in [0.4, 0.5) is 0 Å². The number of aromatic amines is 2. The van der Waals surface area contributed by atoms with E-state index in [1.165, 1.54) is 17.3 Å². The Labute approximate surface area is 157 Å². The number of carbonyl (C=O) groups excluding carboxylic acids is 1. The molecule has 3 aromatic rings. The summed E-state index contributed by atoms with van der Waals surface area (Å²) >= 11 is 0. The average Bonchev–Trinajstić information content (AvgIpc) is 3.16. The second-order valence-corrected chi connectivity index (χ2v) is 6.71. The van der Waals surface area contributed by atoms with Crippen LogP contribution in [0.1, 0.15) is 27.7 Å².